The molecule has 3 heterocycles. The Bertz CT molecular complexity index is 1240. The topological polar surface area (TPSA) is 85.3 Å². The van der Waals surface area contributed by atoms with Crippen molar-refractivity contribution in [3.05, 3.63) is 73.9 Å². The average Bonchev–Trinajstić information content (AvgIpc) is 3.27. The zero-order valence-electron chi connectivity index (χ0n) is 14.1. The molecule has 4 rings (SSSR count). The van der Waals surface area contributed by atoms with Gasteiger partial charge in [0.2, 0.25) is 5.76 Å². The molecular weight excluding hydrogens is 432 g/mol. The number of carboxylic acid groups (broad SMARTS) is 1. The van der Waals surface area contributed by atoms with Crippen molar-refractivity contribution in [2.45, 2.75) is 13.5 Å². The van der Waals surface area contributed by atoms with Crippen LogP contribution in [0.2, 0.25) is 0 Å². The zero-order chi connectivity index (χ0) is 19.1. The van der Waals surface area contributed by atoms with Crippen LogP contribution in [0.4, 0.5) is 0 Å². The van der Waals surface area contributed by atoms with E-state index in [1.54, 1.807) is 6.07 Å². The Hall–Kier alpha value is -2.71. The Morgan fingerprint density at radius 1 is 1.30 bits per heavy atom. The number of benzene rings is 1. The zero-order valence-corrected chi connectivity index (χ0v) is 16.5. The molecule has 0 amide bonds. The quantitative estimate of drug-likeness (QED) is 0.499. The second-order valence-corrected chi connectivity index (χ2v) is 7.77. The number of aromatic carboxylic acids is 1. The van der Waals surface area contributed by atoms with Crippen LogP contribution in [0.5, 0.6) is 0 Å². The second-order valence-electron chi connectivity index (χ2n) is 6.06. The fourth-order valence-corrected chi connectivity index (χ4v) is 4.23. The van der Waals surface area contributed by atoms with Crippen LogP contribution in [0.1, 0.15) is 21.9 Å². The lowest BCUT2D eigenvalue weighted by Crippen LogP contribution is -2.20. The van der Waals surface area contributed by atoms with Crippen LogP contribution >= 0.6 is 27.3 Å². The van der Waals surface area contributed by atoms with E-state index < -0.39 is 5.97 Å². The predicted octanol–water partition coefficient (Wildman–Crippen LogP) is 4.54. The highest BCUT2D eigenvalue weighted by molar-refractivity contribution is 9.10. The fraction of sp³-hybridized carbons (Fsp3) is 0.105. The van der Waals surface area contributed by atoms with Gasteiger partial charge in [0.25, 0.3) is 5.56 Å². The van der Waals surface area contributed by atoms with Gasteiger partial charge in [-0.05, 0) is 30.7 Å². The van der Waals surface area contributed by atoms with Crippen LogP contribution in [-0.4, -0.2) is 20.6 Å². The van der Waals surface area contributed by atoms with Gasteiger partial charge in [-0.25, -0.2) is 9.78 Å². The van der Waals surface area contributed by atoms with Gasteiger partial charge in [0.15, 0.2) is 0 Å². The lowest BCUT2D eigenvalue weighted by molar-refractivity contribution is 0.0660. The van der Waals surface area contributed by atoms with Crippen molar-refractivity contribution >= 4 is 43.5 Å². The van der Waals surface area contributed by atoms with E-state index in [2.05, 4.69) is 20.9 Å². The summed E-state index contributed by atoms with van der Waals surface area (Å²) >= 11 is 4.97. The van der Waals surface area contributed by atoms with Gasteiger partial charge < -0.3 is 9.52 Å². The van der Waals surface area contributed by atoms with Crippen LogP contribution in [0.25, 0.3) is 21.3 Å². The van der Waals surface area contributed by atoms with Crippen LogP contribution in [0.15, 0.2) is 55.7 Å². The van der Waals surface area contributed by atoms with Gasteiger partial charge in [-0.3, -0.25) is 9.36 Å². The van der Waals surface area contributed by atoms with Crippen LogP contribution < -0.4 is 5.56 Å². The van der Waals surface area contributed by atoms with E-state index >= 15 is 0 Å². The van der Waals surface area contributed by atoms with Crippen molar-refractivity contribution in [1.82, 2.24) is 9.55 Å². The second kappa shape index (κ2) is 6.79. The molecule has 0 saturated heterocycles. The summed E-state index contributed by atoms with van der Waals surface area (Å²) in [5.41, 5.74) is 2.65. The molecule has 0 fully saturated rings. The number of fused-ring (bicyclic) bond motifs is 1. The molecule has 1 aromatic carbocycles. The summed E-state index contributed by atoms with van der Waals surface area (Å²) in [6.45, 7) is 2.11. The number of rotatable bonds is 4. The minimum absolute atomic E-state index is 0.110. The standard InChI is InChI=1S/C19H13BrN2O4S/c1-10-2-4-14(20)12(6-10)13-8-27-17-16(13)18(23)22(9-21-17)7-11-3-5-15(26-11)19(24)25/h2-6,8-9H,7H2,1H3,(H,24,25). The third-order valence-corrected chi connectivity index (χ3v) is 5.75. The molecular formula is C19H13BrN2O4S. The molecule has 8 heteroatoms. The number of aromatic nitrogens is 2. The lowest BCUT2D eigenvalue weighted by Gasteiger charge is -2.07. The minimum atomic E-state index is -1.15. The normalized spacial score (nSPS) is 11.2. The Morgan fingerprint density at radius 3 is 2.85 bits per heavy atom. The minimum Gasteiger partial charge on any atom is -0.475 e. The highest BCUT2D eigenvalue weighted by Gasteiger charge is 2.16. The van der Waals surface area contributed by atoms with Gasteiger partial charge in [-0.1, -0.05) is 33.6 Å². The van der Waals surface area contributed by atoms with E-state index in [0.717, 1.165) is 21.2 Å². The van der Waals surface area contributed by atoms with E-state index in [0.29, 0.717) is 16.0 Å². The van der Waals surface area contributed by atoms with Crippen molar-refractivity contribution in [2.75, 3.05) is 0 Å². The lowest BCUT2D eigenvalue weighted by atomic mass is 10.0. The number of hydrogen-bond acceptors (Lipinski definition) is 5. The third kappa shape index (κ3) is 3.22. The monoisotopic (exact) mass is 444 g/mol. The first-order valence-electron chi connectivity index (χ1n) is 7.99. The third-order valence-electron chi connectivity index (χ3n) is 4.17. The first-order valence-corrected chi connectivity index (χ1v) is 9.66. The van der Waals surface area contributed by atoms with Gasteiger partial charge in [0, 0.05) is 15.4 Å². The molecule has 0 unspecified atom stereocenters. The highest BCUT2D eigenvalue weighted by Crippen LogP contribution is 2.35. The van der Waals surface area contributed by atoms with Crippen LogP contribution in [-0.2, 0) is 6.54 Å². The van der Waals surface area contributed by atoms with Crippen molar-refractivity contribution < 1.29 is 14.3 Å². The molecule has 0 aliphatic carbocycles. The number of furan rings is 1. The number of aryl methyl sites for hydroxylation is 1. The summed E-state index contributed by atoms with van der Waals surface area (Å²) in [5.74, 6) is -0.928. The number of carbonyl (C=O) groups is 1. The summed E-state index contributed by atoms with van der Waals surface area (Å²) in [4.78, 5) is 29.1. The summed E-state index contributed by atoms with van der Waals surface area (Å²) in [6.07, 6.45) is 1.46. The van der Waals surface area contributed by atoms with Gasteiger partial charge >= 0.3 is 5.97 Å². The largest absolute Gasteiger partial charge is 0.475 e. The molecule has 136 valence electrons. The van der Waals surface area contributed by atoms with E-state index in [9.17, 15) is 9.59 Å². The van der Waals surface area contributed by atoms with E-state index in [1.807, 2.05) is 30.5 Å². The van der Waals surface area contributed by atoms with Crippen molar-refractivity contribution in [1.29, 1.82) is 0 Å². The molecule has 0 aliphatic rings. The molecule has 0 saturated carbocycles. The number of halogens is 1. The maximum Gasteiger partial charge on any atom is 0.371 e. The number of carboxylic acids is 1. The molecule has 3 aromatic heterocycles. The van der Waals surface area contributed by atoms with E-state index in [-0.39, 0.29) is 17.9 Å². The SMILES string of the molecule is Cc1ccc(Br)c(-c2csc3ncn(Cc4ccc(C(=O)O)o4)c(=O)c23)c1. The Morgan fingerprint density at radius 2 is 2.11 bits per heavy atom. The maximum atomic E-state index is 13.1. The number of thiophene rings is 1. The summed E-state index contributed by atoms with van der Waals surface area (Å²) in [5, 5.41) is 11.4. The molecule has 0 bridgehead atoms. The van der Waals surface area contributed by atoms with Crippen molar-refractivity contribution in [3.63, 3.8) is 0 Å². The van der Waals surface area contributed by atoms with Crippen LogP contribution in [0.3, 0.4) is 0 Å². The number of hydrogen-bond donors (Lipinski definition) is 1. The molecule has 1 N–H and O–H groups in total. The van der Waals surface area contributed by atoms with Crippen LogP contribution in [0, 0.1) is 6.92 Å². The average molecular weight is 445 g/mol. The smallest absolute Gasteiger partial charge is 0.371 e. The Kier molecular flexibility index (Phi) is 4.45. The van der Waals surface area contributed by atoms with Gasteiger partial charge in [-0.2, -0.15) is 0 Å². The molecule has 0 aliphatic heterocycles. The molecule has 0 radical (unpaired) electrons. The van der Waals surface area contributed by atoms with E-state index in [4.69, 9.17) is 9.52 Å². The molecule has 4 aromatic rings. The summed E-state index contributed by atoms with van der Waals surface area (Å²) in [6, 6.07) is 8.89. The summed E-state index contributed by atoms with van der Waals surface area (Å²) < 4.78 is 7.58. The maximum absolute atomic E-state index is 13.1. The predicted molar refractivity (Wildman–Crippen MR) is 107 cm³/mol. The Labute approximate surface area is 165 Å². The molecule has 0 atom stereocenters. The first kappa shape index (κ1) is 17.7. The molecule has 27 heavy (non-hydrogen) atoms. The fourth-order valence-electron chi connectivity index (χ4n) is 2.87. The Balaban J connectivity index is 1.82. The van der Waals surface area contributed by atoms with Crippen molar-refractivity contribution in [3.8, 4) is 11.1 Å². The summed E-state index contributed by atoms with van der Waals surface area (Å²) in [7, 11) is 0. The first-order chi connectivity index (χ1) is 12.9. The van der Waals surface area contributed by atoms with Gasteiger partial charge in [0.05, 0.1) is 18.3 Å². The molecule has 0 spiro atoms. The highest BCUT2D eigenvalue weighted by atomic mass is 79.9. The molecule has 6 nitrogen and oxygen atoms in total. The number of nitrogens with zero attached hydrogens (tertiary/aromatic N) is 2. The van der Waals surface area contributed by atoms with Gasteiger partial charge in [-0.15, -0.1) is 11.3 Å². The van der Waals surface area contributed by atoms with Crippen molar-refractivity contribution in [2.24, 2.45) is 0 Å². The van der Waals surface area contributed by atoms with E-state index in [1.165, 1.54) is 28.3 Å². The van der Waals surface area contributed by atoms with Gasteiger partial charge in [0.1, 0.15) is 10.6 Å².